The average Bonchev–Trinajstić information content (AvgIpc) is 3.20. The zero-order valence-corrected chi connectivity index (χ0v) is 18.1. The summed E-state index contributed by atoms with van der Waals surface area (Å²) in [6.45, 7) is 4.22. The fourth-order valence-electron chi connectivity index (χ4n) is 3.94. The van der Waals surface area contributed by atoms with Crippen LogP contribution in [0, 0.1) is 6.92 Å². The van der Waals surface area contributed by atoms with Crippen LogP contribution in [0.4, 0.5) is 0 Å². The van der Waals surface area contributed by atoms with Crippen molar-refractivity contribution >= 4 is 12.0 Å². The van der Waals surface area contributed by atoms with Crippen LogP contribution in [0.2, 0.25) is 0 Å². The Labute approximate surface area is 187 Å². The predicted octanol–water partition coefficient (Wildman–Crippen LogP) is 5.65. The first-order valence-corrected chi connectivity index (χ1v) is 10.5. The van der Waals surface area contributed by atoms with Crippen LogP contribution in [0.1, 0.15) is 29.8 Å². The fraction of sp³-hybridized carbons (Fsp3) is 0.111. The standard InChI is InChI=1S/C27H25N3O2/c1-19-26(23-13-7-4-8-14-23)30(20(2)22-11-5-3-6-12-22)27(28-19)24-15-9-10-21(18-24)16-17-25(31)29-32/h3-18,20,32H,1-2H3,(H,29,31)/b17-16+. The van der Waals surface area contributed by atoms with Crippen molar-refractivity contribution in [3.63, 3.8) is 0 Å². The number of carbonyl (C=O) groups excluding carboxylic acids is 1. The van der Waals surface area contributed by atoms with Crippen LogP contribution in [0.5, 0.6) is 0 Å². The topological polar surface area (TPSA) is 67.2 Å². The van der Waals surface area contributed by atoms with Crippen molar-refractivity contribution in [2.24, 2.45) is 0 Å². The monoisotopic (exact) mass is 423 g/mol. The highest BCUT2D eigenvalue weighted by atomic mass is 16.5. The highest BCUT2D eigenvalue weighted by Gasteiger charge is 2.22. The summed E-state index contributed by atoms with van der Waals surface area (Å²) in [7, 11) is 0. The number of imidazole rings is 1. The lowest BCUT2D eigenvalue weighted by molar-refractivity contribution is -0.124. The number of nitrogens with one attached hydrogen (secondary N) is 1. The molecule has 0 spiro atoms. The first-order valence-electron chi connectivity index (χ1n) is 10.5. The molecule has 1 amide bonds. The molecule has 5 nitrogen and oxygen atoms in total. The molecule has 1 heterocycles. The third kappa shape index (κ3) is 4.38. The number of carbonyl (C=O) groups is 1. The summed E-state index contributed by atoms with van der Waals surface area (Å²) in [4.78, 5) is 16.4. The van der Waals surface area contributed by atoms with E-state index in [0.717, 1.165) is 33.9 Å². The number of aryl methyl sites for hydroxylation is 1. The van der Waals surface area contributed by atoms with Gasteiger partial charge in [-0.05, 0) is 37.1 Å². The number of hydrogen-bond donors (Lipinski definition) is 2. The Morgan fingerprint density at radius 2 is 1.62 bits per heavy atom. The van der Waals surface area contributed by atoms with E-state index < -0.39 is 5.91 Å². The van der Waals surface area contributed by atoms with E-state index >= 15 is 0 Å². The molecule has 1 aromatic heterocycles. The molecule has 4 rings (SSSR count). The summed E-state index contributed by atoms with van der Waals surface area (Å²) in [5.74, 6) is 0.288. The van der Waals surface area contributed by atoms with Gasteiger partial charge in [0, 0.05) is 17.2 Å². The van der Waals surface area contributed by atoms with Gasteiger partial charge in [-0.1, -0.05) is 78.9 Å². The maximum Gasteiger partial charge on any atom is 0.267 e. The molecule has 0 aliphatic rings. The number of nitrogens with zero attached hydrogens (tertiary/aromatic N) is 2. The Bertz CT molecular complexity index is 1240. The third-order valence-corrected chi connectivity index (χ3v) is 5.48. The molecule has 0 bridgehead atoms. The summed E-state index contributed by atoms with van der Waals surface area (Å²) in [5.41, 5.74) is 7.74. The fourth-order valence-corrected chi connectivity index (χ4v) is 3.94. The number of benzene rings is 3. The summed E-state index contributed by atoms with van der Waals surface area (Å²) in [5, 5.41) is 8.73. The zero-order chi connectivity index (χ0) is 22.5. The molecule has 0 saturated heterocycles. The lowest BCUT2D eigenvalue weighted by Gasteiger charge is -2.21. The van der Waals surface area contributed by atoms with Crippen LogP contribution in [0.3, 0.4) is 0 Å². The van der Waals surface area contributed by atoms with E-state index in [4.69, 9.17) is 10.2 Å². The van der Waals surface area contributed by atoms with Gasteiger partial charge in [0.2, 0.25) is 0 Å². The van der Waals surface area contributed by atoms with Crippen molar-refractivity contribution in [1.29, 1.82) is 0 Å². The maximum absolute atomic E-state index is 11.4. The van der Waals surface area contributed by atoms with Gasteiger partial charge in [-0.15, -0.1) is 0 Å². The van der Waals surface area contributed by atoms with Gasteiger partial charge in [-0.3, -0.25) is 10.0 Å². The predicted molar refractivity (Wildman–Crippen MR) is 127 cm³/mol. The van der Waals surface area contributed by atoms with Crippen LogP contribution in [0.15, 0.2) is 91.0 Å². The van der Waals surface area contributed by atoms with E-state index in [1.54, 1.807) is 11.6 Å². The maximum atomic E-state index is 11.4. The molecule has 1 atom stereocenters. The molecule has 0 aliphatic carbocycles. The molecule has 1 unspecified atom stereocenters. The van der Waals surface area contributed by atoms with Gasteiger partial charge in [0.1, 0.15) is 5.82 Å². The van der Waals surface area contributed by atoms with Crippen LogP contribution in [0.25, 0.3) is 28.7 Å². The van der Waals surface area contributed by atoms with Gasteiger partial charge in [-0.25, -0.2) is 10.5 Å². The van der Waals surface area contributed by atoms with Crippen molar-refractivity contribution in [1.82, 2.24) is 15.0 Å². The summed E-state index contributed by atoms with van der Waals surface area (Å²) in [6.07, 6.45) is 2.95. The van der Waals surface area contributed by atoms with E-state index in [2.05, 4.69) is 47.9 Å². The van der Waals surface area contributed by atoms with Crippen LogP contribution in [-0.4, -0.2) is 20.7 Å². The van der Waals surface area contributed by atoms with Crippen LogP contribution in [-0.2, 0) is 4.79 Å². The largest absolute Gasteiger partial charge is 0.316 e. The van der Waals surface area contributed by atoms with Crippen LogP contribution < -0.4 is 5.48 Å². The van der Waals surface area contributed by atoms with Crippen LogP contribution >= 0.6 is 0 Å². The van der Waals surface area contributed by atoms with Crippen molar-refractivity contribution in [2.45, 2.75) is 19.9 Å². The number of aromatic nitrogens is 2. The average molecular weight is 424 g/mol. The second-order valence-electron chi connectivity index (χ2n) is 7.63. The van der Waals surface area contributed by atoms with E-state index in [1.807, 2.05) is 55.5 Å². The van der Waals surface area contributed by atoms with Gasteiger partial charge < -0.3 is 4.57 Å². The third-order valence-electron chi connectivity index (χ3n) is 5.48. The van der Waals surface area contributed by atoms with E-state index in [-0.39, 0.29) is 6.04 Å². The number of rotatable bonds is 6. The van der Waals surface area contributed by atoms with Crippen molar-refractivity contribution in [2.75, 3.05) is 0 Å². The molecule has 4 aromatic rings. The second-order valence-corrected chi connectivity index (χ2v) is 7.63. The van der Waals surface area contributed by atoms with Gasteiger partial charge in [-0.2, -0.15) is 0 Å². The highest BCUT2D eigenvalue weighted by Crippen LogP contribution is 2.35. The molecule has 0 saturated carbocycles. The smallest absolute Gasteiger partial charge is 0.267 e. The second kappa shape index (κ2) is 9.45. The Morgan fingerprint density at radius 1 is 0.969 bits per heavy atom. The molecule has 0 fully saturated rings. The zero-order valence-electron chi connectivity index (χ0n) is 18.1. The number of hydroxylamine groups is 1. The first kappa shape index (κ1) is 21.3. The van der Waals surface area contributed by atoms with Crippen molar-refractivity contribution in [3.8, 4) is 22.6 Å². The summed E-state index contributed by atoms with van der Waals surface area (Å²) in [6, 6.07) is 28.6. The van der Waals surface area contributed by atoms with Gasteiger partial charge in [0.05, 0.1) is 17.4 Å². The minimum atomic E-state index is -0.572. The highest BCUT2D eigenvalue weighted by molar-refractivity contribution is 5.91. The first-order chi connectivity index (χ1) is 15.6. The van der Waals surface area contributed by atoms with Gasteiger partial charge in [0.15, 0.2) is 0 Å². The normalized spacial score (nSPS) is 12.1. The number of amides is 1. The Morgan fingerprint density at radius 3 is 2.31 bits per heavy atom. The van der Waals surface area contributed by atoms with E-state index in [1.165, 1.54) is 11.6 Å². The van der Waals surface area contributed by atoms with E-state index in [9.17, 15) is 4.79 Å². The molecule has 0 aliphatic heterocycles. The summed E-state index contributed by atoms with van der Waals surface area (Å²) >= 11 is 0. The molecule has 3 aromatic carbocycles. The van der Waals surface area contributed by atoms with Crippen molar-refractivity contribution in [3.05, 3.63) is 108 Å². The molecular formula is C27H25N3O2. The lowest BCUT2D eigenvalue weighted by Crippen LogP contribution is -2.14. The Hall–Kier alpha value is -3.96. The quantitative estimate of drug-likeness (QED) is 0.239. The molecular weight excluding hydrogens is 398 g/mol. The molecule has 160 valence electrons. The Balaban J connectivity index is 1.88. The number of hydrogen-bond acceptors (Lipinski definition) is 3. The lowest BCUT2D eigenvalue weighted by atomic mass is 10.0. The molecule has 32 heavy (non-hydrogen) atoms. The molecule has 5 heteroatoms. The summed E-state index contributed by atoms with van der Waals surface area (Å²) < 4.78 is 2.28. The van der Waals surface area contributed by atoms with Gasteiger partial charge in [0.25, 0.3) is 5.91 Å². The van der Waals surface area contributed by atoms with Crippen molar-refractivity contribution < 1.29 is 10.0 Å². The van der Waals surface area contributed by atoms with Gasteiger partial charge >= 0.3 is 0 Å². The van der Waals surface area contributed by atoms with E-state index in [0.29, 0.717) is 0 Å². The molecule has 2 N–H and O–H groups in total. The minimum absolute atomic E-state index is 0.0574. The SMILES string of the molecule is Cc1nc(-c2cccc(/C=C/C(=O)NO)c2)n(C(C)c2ccccc2)c1-c1ccccc1. The Kier molecular flexibility index (Phi) is 6.29. The molecule has 0 radical (unpaired) electrons. The minimum Gasteiger partial charge on any atom is -0.316 e.